The van der Waals surface area contributed by atoms with E-state index < -0.39 is 22.0 Å². The van der Waals surface area contributed by atoms with E-state index in [9.17, 15) is 13.2 Å². The standard InChI is InChI=1S/C9H13N3O4S2/c1-11-4-8(10-6-11)18(15,16)12-2-3-17-5-7(12)9(13)14/h4,6-7H,2-3,5H2,1H3,(H,13,14). The second-order valence-corrected chi connectivity index (χ2v) is 6.91. The van der Waals surface area contributed by atoms with E-state index in [1.165, 1.54) is 28.9 Å². The van der Waals surface area contributed by atoms with E-state index >= 15 is 0 Å². The van der Waals surface area contributed by atoms with Crippen LogP contribution in [0.3, 0.4) is 0 Å². The zero-order valence-electron chi connectivity index (χ0n) is 9.68. The highest BCUT2D eigenvalue weighted by Gasteiger charge is 2.38. The minimum atomic E-state index is -3.83. The van der Waals surface area contributed by atoms with Crippen molar-refractivity contribution >= 4 is 27.8 Å². The molecule has 100 valence electrons. The molecule has 1 unspecified atom stereocenters. The molecule has 9 heteroatoms. The lowest BCUT2D eigenvalue weighted by molar-refractivity contribution is -0.140. The van der Waals surface area contributed by atoms with Crippen LogP contribution in [0.4, 0.5) is 0 Å². The lowest BCUT2D eigenvalue weighted by atomic mass is 10.3. The molecule has 1 atom stereocenters. The van der Waals surface area contributed by atoms with Gasteiger partial charge in [-0.3, -0.25) is 4.79 Å². The van der Waals surface area contributed by atoms with Crippen LogP contribution < -0.4 is 0 Å². The number of carbonyl (C=O) groups is 1. The highest BCUT2D eigenvalue weighted by atomic mass is 32.2. The van der Waals surface area contributed by atoms with Crippen molar-refractivity contribution in [3.8, 4) is 0 Å². The SMILES string of the molecule is Cn1cnc(S(=O)(=O)N2CCSCC2C(=O)O)c1. The second kappa shape index (κ2) is 4.90. The summed E-state index contributed by atoms with van der Waals surface area (Å²) >= 11 is 1.44. The third-order valence-electron chi connectivity index (χ3n) is 2.62. The number of carboxylic acids is 1. The molecule has 1 saturated heterocycles. The Hall–Kier alpha value is -1.06. The number of rotatable bonds is 3. The summed E-state index contributed by atoms with van der Waals surface area (Å²) in [6, 6.07) is -1.02. The second-order valence-electron chi connectivity index (χ2n) is 3.92. The summed E-state index contributed by atoms with van der Waals surface area (Å²) in [5.41, 5.74) is 0. The third-order valence-corrected chi connectivity index (χ3v) is 5.44. The van der Waals surface area contributed by atoms with Gasteiger partial charge in [0.2, 0.25) is 0 Å². The van der Waals surface area contributed by atoms with Crippen LogP contribution in [0, 0.1) is 0 Å². The van der Waals surface area contributed by atoms with Gasteiger partial charge >= 0.3 is 5.97 Å². The number of nitrogens with zero attached hydrogens (tertiary/aromatic N) is 3. The molecule has 1 aromatic rings. The fraction of sp³-hybridized carbons (Fsp3) is 0.556. The summed E-state index contributed by atoms with van der Waals surface area (Å²) in [5, 5.41) is 8.97. The van der Waals surface area contributed by atoms with Crippen molar-refractivity contribution in [2.24, 2.45) is 7.05 Å². The largest absolute Gasteiger partial charge is 0.480 e. The van der Waals surface area contributed by atoms with Gasteiger partial charge in [-0.2, -0.15) is 16.1 Å². The van der Waals surface area contributed by atoms with Gasteiger partial charge in [-0.15, -0.1) is 0 Å². The first-order valence-corrected chi connectivity index (χ1v) is 7.83. The van der Waals surface area contributed by atoms with E-state index in [0.29, 0.717) is 5.75 Å². The van der Waals surface area contributed by atoms with Gasteiger partial charge in [-0.25, -0.2) is 13.4 Å². The minimum Gasteiger partial charge on any atom is -0.480 e. The fourth-order valence-electron chi connectivity index (χ4n) is 1.71. The van der Waals surface area contributed by atoms with Crippen molar-refractivity contribution in [1.82, 2.24) is 13.9 Å². The predicted molar refractivity (Wildman–Crippen MR) is 65.8 cm³/mol. The molecule has 1 N–H and O–H groups in total. The molecule has 1 aliphatic rings. The average Bonchev–Trinajstić information content (AvgIpc) is 2.76. The molecule has 7 nitrogen and oxygen atoms in total. The highest BCUT2D eigenvalue weighted by molar-refractivity contribution is 7.99. The zero-order chi connectivity index (χ0) is 13.3. The molecular weight excluding hydrogens is 278 g/mol. The summed E-state index contributed by atoms with van der Waals surface area (Å²) in [4.78, 5) is 14.9. The molecule has 0 amide bonds. The Morgan fingerprint density at radius 1 is 1.61 bits per heavy atom. The van der Waals surface area contributed by atoms with Gasteiger partial charge in [-0.1, -0.05) is 0 Å². The van der Waals surface area contributed by atoms with Crippen molar-refractivity contribution in [3.05, 3.63) is 12.5 Å². The third kappa shape index (κ3) is 2.38. The Morgan fingerprint density at radius 2 is 2.33 bits per heavy atom. The van der Waals surface area contributed by atoms with Crippen LogP contribution in [0.1, 0.15) is 0 Å². The van der Waals surface area contributed by atoms with Crippen molar-refractivity contribution in [1.29, 1.82) is 0 Å². The predicted octanol–water partition coefficient (Wildman–Crippen LogP) is -0.389. The number of aliphatic carboxylic acids is 1. The Labute approximate surface area is 109 Å². The van der Waals surface area contributed by atoms with Crippen molar-refractivity contribution < 1.29 is 18.3 Å². The molecule has 0 aromatic carbocycles. The lowest BCUT2D eigenvalue weighted by Gasteiger charge is -2.30. The molecule has 1 aliphatic heterocycles. The topological polar surface area (TPSA) is 92.5 Å². The molecule has 2 heterocycles. The number of aromatic nitrogens is 2. The van der Waals surface area contributed by atoms with Crippen LogP contribution in [0.2, 0.25) is 0 Å². The van der Waals surface area contributed by atoms with Gasteiger partial charge in [-0.05, 0) is 0 Å². The number of aryl methyl sites for hydroxylation is 1. The average molecular weight is 291 g/mol. The normalized spacial score (nSPS) is 21.9. The van der Waals surface area contributed by atoms with Crippen LogP contribution in [-0.4, -0.2) is 57.4 Å². The Morgan fingerprint density at radius 3 is 2.89 bits per heavy atom. The highest BCUT2D eigenvalue weighted by Crippen LogP contribution is 2.23. The summed E-state index contributed by atoms with van der Waals surface area (Å²) in [6.07, 6.45) is 2.75. The monoisotopic (exact) mass is 291 g/mol. The van der Waals surface area contributed by atoms with Gasteiger partial charge in [0.05, 0.1) is 6.33 Å². The number of sulfonamides is 1. The number of carboxylic acid groups (broad SMARTS) is 1. The molecule has 1 aromatic heterocycles. The van der Waals surface area contributed by atoms with Gasteiger partial charge < -0.3 is 9.67 Å². The van der Waals surface area contributed by atoms with Crippen LogP contribution in [0.5, 0.6) is 0 Å². The van der Waals surface area contributed by atoms with E-state index in [1.807, 2.05) is 0 Å². The number of hydrogen-bond acceptors (Lipinski definition) is 5. The van der Waals surface area contributed by atoms with Crippen LogP contribution in [-0.2, 0) is 21.9 Å². The molecule has 0 bridgehead atoms. The van der Waals surface area contributed by atoms with Crippen LogP contribution in [0.15, 0.2) is 17.6 Å². The zero-order valence-corrected chi connectivity index (χ0v) is 11.3. The number of thioether (sulfide) groups is 1. The van der Waals surface area contributed by atoms with Crippen molar-refractivity contribution in [3.63, 3.8) is 0 Å². The number of hydrogen-bond donors (Lipinski definition) is 1. The molecule has 18 heavy (non-hydrogen) atoms. The molecule has 0 aliphatic carbocycles. The Kier molecular flexibility index (Phi) is 3.64. The van der Waals surface area contributed by atoms with E-state index in [4.69, 9.17) is 5.11 Å². The maximum absolute atomic E-state index is 12.3. The minimum absolute atomic E-state index is 0.108. The first kappa shape index (κ1) is 13.4. The fourth-order valence-corrected chi connectivity index (χ4v) is 4.51. The first-order valence-electron chi connectivity index (χ1n) is 5.23. The van der Waals surface area contributed by atoms with E-state index in [2.05, 4.69) is 4.98 Å². The molecular formula is C9H13N3O4S2. The summed E-state index contributed by atoms with van der Waals surface area (Å²) in [7, 11) is -2.17. The smallest absolute Gasteiger partial charge is 0.322 e. The van der Waals surface area contributed by atoms with E-state index in [-0.39, 0.29) is 17.3 Å². The molecule has 2 rings (SSSR count). The number of imidazole rings is 1. The van der Waals surface area contributed by atoms with Gasteiger partial charge in [0, 0.05) is 31.3 Å². The summed E-state index contributed by atoms with van der Waals surface area (Å²) in [6.45, 7) is 0.195. The van der Waals surface area contributed by atoms with E-state index in [0.717, 1.165) is 4.31 Å². The van der Waals surface area contributed by atoms with Gasteiger partial charge in [0.1, 0.15) is 6.04 Å². The maximum Gasteiger partial charge on any atom is 0.322 e. The van der Waals surface area contributed by atoms with Crippen LogP contribution in [0.25, 0.3) is 0 Å². The molecule has 0 saturated carbocycles. The lowest BCUT2D eigenvalue weighted by Crippen LogP contribution is -2.50. The quantitative estimate of drug-likeness (QED) is 0.815. The molecule has 1 fully saturated rings. The van der Waals surface area contributed by atoms with Crippen molar-refractivity contribution in [2.45, 2.75) is 11.1 Å². The molecule has 0 radical (unpaired) electrons. The Balaban J connectivity index is 2.36. The van der Waals surface area contributed by atoms with Crippen LogP contribution >= 0.6 is 11.8 Å². The van der Waals surface area contributed by atoms with Gasteiger partial charge in [0.25, 0.3) is 10.0 Å². The first-order chi connectivity index (χ1) is 8.43. The summed E-state index contributed by atoms with van der Waals surface area (Å²) < 4.78 is 27.1. The van der Waals surface area contributed by atoms with Gasteiger partial charge in [0.15, 0.2) is 5.03 Å². The summed E-state index contributed by atoms with van der Waals surface area (Å²) in [5.74, 6) is -0.265. The van der Waals surface area contributed by atoms with Crippen molar-refractivity contribution in [2.75, 3.05) is 18.1 Å². The van der Waals surface area contributed by atoms with E-state index in [1.54, 1.807) is 7.05 Å². The molecule has 0 spiro atoms. The Bertz CT molecular complexity index is 554. The maximum atomic E-state index is 12.3.